The van der Waals surface area contributed by atoms with Gasteiger partial charge in [0, 0.05) is 7.11 Å². The Bertz CT molecular complexity index is 371. The summed E-state index contributed by atoms with van der Waals surface area (Å²) in [4.78, 5) is 7.08. The first kappa shape index (κ1) is 16.0. The zero-order valence-electron chi connectivity index (χ0n) is 10.6. The maximum Gasteiger partial charge on any atom is 0.254 e. The van der Waals surface area contributed by atoms with Crippen LogP contribution in [0.1, 0.15) is 0 Å². The number of halogens is 2. The molecule has 0 N–H and O–H groups in total. The molecule has 6 nitrogen and oxygen atoms in total. The number of nitrogens with zero attached hydrogens (tertiary/aromatic N) is 2. The van der Waals surface area contributed by atoms with Gasteiger partial charge in [0.2, 0.25) is 11.1 Å². The van der Waals surface area contributed by atoms with Crippen molar-refractivity contribution in [3.8, 4) is 5.88 Å². The fourth-order valence-electron chi connectivity index (χ4n) is 1.09. The lowest BCUT2D eigenvalue weighted by Crippen LogP contribution is -2.13. The van der Waals surface area contributed by atoms with Crippen molar-refractivity contribution in [3.05, 3.63) is 17.3 Å². The number of aromatic nitrogens is 2. The van der Waals surface area contributed by atoms with E-state index in [1.165, 1.54) is 0 Å². The zero-order chi connectivity index (χ0) is 13.9. The number of rotatable bonds is 10. The van der Waals surface area contributed by atoms with Crippen LogP contribution in [0.2, 0.25) is 5.28 Å². The molecule has 1 aromatic rings. The molecule has 108 valence electrons. The molecule has 1 heterocycles. The Morgan fingerprint density at radius 3 is 2.42 bits per heavy atom. The molecule has 0 aliphatic heterocycles. The van der Waals surface area contributed by atoms with Gasteiger partial charge in [0.1, 0.15) is 6.61 Å². The maximum atomic E-state index is 13.1. The van der Waals surface area contributed by atoms with Gasteiger partial charge in [-0.05, 0) is 11.6 Å². The van der Waals surface area contributed by atoms with E-state index in [9.17, 15) is 4.39 Å². The van der Waals surface area contributed by atoms with Crippen LogP contribution in [-0.2, 0) is 14.2 Å². The number of ether oxygens (including phenoxy) is 4. The molecule has 0 saturated carbocycles. The van der Waals surface area contributed by atoms with Crippen LogP contribution in [-0.4, -0.2) is 56.7 Å². The molecule has 0 bridgehead atoms. The average Bonchev–Trinajstić information content (AvgIpc) is 2.40. The first-order valence-electron chi connectivity index (χ1n) is 5.69. The number of hydrogen-bond acceptors (Lipinski definition) is 6. The van der Waals surface area contributed by atoms with Crippen LogP contribution in [0.4, 0.5) is 4.39 Å². The van der Waals surface area contributed by atoms with Crippen LogP contribution >= 0.6 is 11.6 Å². The Labute approximate surface area is 115 Å². The highest BCUT2D eigenvalue weighted by atomic mass is 35.5. The third-order valence-electron chi connectivity index (χ3n) is 1.95. The normalized spacial score (nSPS) is 10.7. The summed E-state index contributed by atoms with van der Waals surface area (Å²) in [5.74, 6) is -0.841. The lowest BCUT2D eigenvalue weighted by atomic mass is 10.6. The minimum absolute atomic E-state index is 0.0659. The predicted molar refractivity (Wildman–Crippen MR) is 66.0 cm³/mol. The van der Waals surface area contributed by atoms with Crippen molar-refractivity contribution in [1.29, 1.82) is 0 Å². The molecule has 0 aliphatic carbocycles. The zero-order valence-corrected chi connectivity index (χ0v) is 11.4. The highest BCUT2D eigenvalue weighted by molar-refractivity contribution is 6.28. The highest BCUT2D eigenvalue weighted by Crippen LogP contribution is 2.14. The first-order chi connectivity index (χ1) is 9.24. The summed E-state index contributed by atoms with van der Waals surface area (Å²) < 4.78 is 33.4. The summed E-state index contributed by atoms with van der Waals surface area (Å²) in [6.45, 7) is 2.45. The predicted octanol–water partition coefficient (Wildman–Crippen LogP) is 1.33. The molecule has 1 rings (SSSR count). The summed E-state index contributed by atoms with van der Waals surface area (Å²) in [6.07, 6.45) is 0.954. The molecular formula is C11H16ClFN2O4. The van der Waals surface area contributed by atoms with Gasteiger partial charge < -0.3 is 18.9 Å². The van der Waals surface area contributed by atoms with Gasteiger partial charge in [-0.2, -0.15) is 9.37 Å². The van der Waals surface area contributed by atoms with Gasteiger partial charge in [0.25, 0.3) is 5.88 Å². The molecule has 0 aliphatic rings. The Morgan fingerprint density at radius 1 is 1.11 bits per heavy atom. The minimum atomic E-state index is -0.660. The van der Waals surface area contributed by atoms with Crippen LogP contribution in [0.25, 0.3) is 0 Å². The second-order valence-corrected chi connectivity index (χ2v) is 3.70. The van der Waals surface area contributed by atoms with Crippen molar-refractivity contribution in [1.82, 2.24) is 9.97 Å². The monoisotopic (exact) mass is 294 g/mol. The minimum Gasteiger partial charge on any atom is -0.473 e. The lowest BCUT2D eigenvalue weighted by Gasteiger charge is -2.07. The molecule has 0 amide bonds. The van der Waals surface area contributed by atoms with Crippen molar-refractivity contribution in [2.24, 2.45) is 0 Å². The van der Waals surface area contributed by atoms with Crippen molar-refractivity contribution < 1.29 is 23.3 Å². The van der Waals surface area contributed by atoms with E-state index in [1.54, 1.807) is 7.11 Å². The van der Waals surface area contributed by atoms with E-state index >= 15 is 0 Å². The van der Waals surface area contributed by atoms with Gasteiger partial charge >= 0.3 is 0 Å². The standard InChI is InChI=1S/C11H16ClFN2O4/c1-16-2-3-17-4-5-18-6-7-19-10-9(13)8-14-11(12)15-10/h8H,2-7H2,1H3. The van der Waals surface area contributed by atoms with Gasteiger partial charge in [-0.3, -0.25) is 0 Å². The van der Waals surface area contributed by atoms with E-state index in [0.717, 1.165) is 6.20 Å². The van der Waals surface area contributed by atoms with E-state index in [2.05, 4.69) is 9.97 Å². The molecule has 0 radical (unpaired) electrons. The molecule has 0 spiro atoms. The smallest absolute Gasteiger partial charge is 0.254 e. The van der Waals surface area contributed by atoms with Crippen LogP contribution in [0.3, 0.4) is 0 Å². The third kappa shape index (κ3) is 7.22. The fourth-order valence-corrected chi connectivity index (χ4v) is 1.22. The number of methoxy groups -OCH3 is 1. The molecule has 1 aromatic heterocycles. The van der Waals surface area contributed by atoms with E-state index in [1.807, 2.05) is 0 Å². The summed E-state index contributed by atoms with van der Waals surface area (Å²) >= 11 is 5.51. The van der Waals surface area contributed by atoms with E-state index in [4.69, 9.17) is 30.5 Å². The summed E-state index contributed by atoms with van der Waals surface area (Å²) in [5.41, 5.74) is 0. The Morgan fingerprint density at radius 2 is 1.74 bits per heavy atom. The van der Waals surface area contributed by atoms with Crippen molar-refractivity contribution in [2.75, 3.05) is 46.8 Å². The van der Waals surface area contributed by atoms with E-state index in [0.29, 0.717) is 33.0 Å². The van der Waals surface area contributed by atoms with Gasteiger partial charge in [0.15, 0.2) is 0 Å². The molecule has 19 heavy (non-hydrogen) atoms. The largest absolute Gasteiger partial charge is 0.473 e. The Balaban J connectivity index is 2.03. The van der Waals surface area contributed by atoms with Gasteiger partial charge in [-0.1, -0.05) is 0 Å². The van der Waals surface area contributed by atoms with Crippen molar-refractivity contribution >= 4 is 11.6 Å². The molecule has 0 atom stereocenters. The molecule has 8 heteroatoms. The van der Waals surface area contributed by atoms with Gasteiger partial charge in [-0.15, -0.1) is 0 Å². The maximum absolute atomic E-state index is 13.1. The van der Waals surface area contributed by atoms with E-state index < -0.39 is 5.82 Å². The molecule has 0 aromatic carbocycles. The molecular weight excluding hydrogens is 279 g/mol. The first-order valence-corrected chi connectivity index (χ1v) is 6.07. The fraction of sp³-hybridized carbons (Fsp3) is 0.636. The topological polar surface area (TPSA) is 62.7 Å². The Hall–Kier alpha value is -1.02. The second-order valence-electron chi connectivity index (χ2n) is 3.36. The third-order valence-corrected chi connectivity index (χ3v) is 2.13. The number of hydrogen-bond donors (Lipinski definition) is 0. The van der Waals surface area contributed by atoms with Crippen LogP contribution in [0.5, 0.6) is 5.88 Å². The summed E-state index contributed by atoms with van der Waals surface area (Å²) in [7, 11) is 1.61. The second kappa shape index (κ2) is 9.85. The summed E-state index contributed by atoms with van der Waals surface area (Å²) in [5, 5.41) is -0.0659. The molecule has 0 saturated heterocycles. The lowest BCUT2D eigenvalue weighted by molar-refractivity contribution is 0.0173. The van der Waals surface area contributed by atoms with Crippen LogP contribution in [0, 0.1) is 5.82 Å². The van der Waals surface area contributed by atoms with Crippen LogP contribution in [0.15, 0.2) is 6.20 Å². The SMILES string of the molecule is COCCOCCOCCOc1nc(Cl)ncc1F. The molecule has 0 fully saturated rings. The van der Waals surface area contributed by atoms with Gasteiger partial charge in [-0.25, -0.2) is 4.98 Å². The quantitative estimate of drug-likeness (QED) is 0.479. The molecule has 0 unspecified atom stereocenters. The van der Waals surface area contributed by atoms with Crippen LogP contribution < -0.4 is 4.74 Å². The summed E-state index contributed by atoms with van der Waals surface area (Å²) in [6, 6.07) is 0. The van der Waals surface area contributed by atoms with E-state index in [-0.39, 0.29) is 17.8 Å². The highest BCUT2D eigenvalue weighted by Gasteiger charge is 2.06. The van der Waals surface area contributed by atoms with Gasteiger partial charge in [0.05, 0.1) is 39.2 Å². The van der Waals surface area contributed by atoms with Crippen molar-refractivity contribution in [2.45, 2.75) is 0 Å². The Kier molecular flexibility index (Phi) is 8.31. The van der Waals surface area contributed by atoms with Crippen molar-refractivity contribution in [3.63, 3.8) is 0 Å². The average molecular weight is 295 g/mol.